The van der Waals surface area contributed by atoms with Crippen molar-refractivity contribution in [2.24, 2.45) is 0 Å². The lowest BCUT2D eigenvalue weighted by Gasteiger charge is -2.43. The third kappa shape index (κ3) is 7.31. The molecule has 322 valence electrons. The minimum atomic E-state index is -0.901. The minimum absolute atomic E-state index is 0.0201. The number of nitrogens with zero attached hydrogens (tertiary/aromatic N) is 2. The highest BCUT2D eigenvalue weighted by Gasteiger charge is 2.46. The van der Waals surface area contributed by atoms with Crippen LogP contribution >= 0.6 is 0 Å². The molecule has 0 aliphatic carbocycles. The lowest BCUT2D eigenvalue weighted by Crippen LogP contribution is -2.55. The van der Waals surface area contributed by atoms with Crippen molar-refractivity contribution in [3.63, 3.8) is 0 Å². The molecular weight excluding hydrogens is 777 g/mol. The van der Waals surface area contributed by atoms with Crippen molar-refractivity contribution in [2.45, 2.75) is 135 Å². The highest BCUT2D eigenvalue weighted by molar-refractivity contribution is 6.41. The van der Waals surface area contributed by atoms with E-state index in [2.05, 4.69) is 0 Å². The number of hydrogen-bond donors (Lipinski definition) is 2. The number of rotatable bonds is 19. The lowest BCUT2D eigenvalue weighted by molar-refractivity contribution is -0.140. The van der Waals surface area contributed by atoms with Crippen LogP contribution in [0.2, 0.25) is 0 Å². The third-order valence-electron chi connectivity index (χ3n) is 14.0. The van der Waals surface area contributed by atoms with Gasteiger partial charge >= 0.3 is 11.9 Å². The van der Waals surface area contributed by atoms with Gasteiger partial charge < -0.3 is 19.7 Å². The maximum atomic E-state index is 14.6. The largest absolute Gasteiger partial charge is 0.481 e. The number of carboxylic acid groups (broad SMARTS) is 2. The van der Waals surface area contributed by atoms with E-state index in [0.717, 1.165) is 32.3 Å². The highest BCUT2D eigenvalue weighted by Crippen LogP contribution is 2.48. The molecule has 0 fully saturated rings. The average Bonchev–Trinajstić information content (AvgIpc) is 3.22. The minimum Gasteiger partial charge on any atom is -0.481 e. The summed E-state index contributed by atoms with van der Waals surface area (Å²) in [7, 11) is 0. The van der Waals surface area contributed by atoms with Gasteiger partial charge in [-0.25, -0.2) is 0 Å². The maximum absolute atomic E-state index is 14.6. The number of aliphatic carboxylic acids is 2. The Balaban J connectivity index is 1.25. The molecule has 2 aliphatic rings. The second-order valence-corrected chi connectivity index (χ2v) is 18.3. The summed E-state index contributed by atoms with van der Waals surface area (Å²) in [6.07, 6.45) is 2.92. The van der Waals surface area contributed by atoms with Gasteiger partial charge in [-0.3, -0.25) is 38.6 Å². The number of fused-ring (bicyclic) bond motifs is 2. The van der Waals surface area contributed by atoms with Crippen molar-refractivity contribution >= 4 is 78.7 Å². The fraction of sp³-hybridized carbons (Fsp3) is 0.469. The molecule has 2 aliphatic heterocycles. The van der Waals surface area contributed by atoms with E-state index < -0.39 is 57.8 Å². The number of amides is 4. The van der Waals surface area contributed by atoms with Crippen molar-refractivity contribution in [2.75, 3.05) is 13.2 Å². The molecule has 2 N–H and O–H groups in total. The van der Waals surface area contributed by atoms with Gasteiger partial charge in [-0.2, -0.15) is 0 Å². The van der Waals surface area contributed by atoms with Gasteiger partial charge in [0.25, 0.3) is 23.6 Å². The van der Waals surface area contributed by atoms with Crippen LogP contribution in [0.15, 0.2) is 48.5 Å². The van der Waals surface area contributed by atoms with E-state index in [1.165, 1.54) is 9.80 Å². The predicted octanol–water partition coefficient (Wildman–Crippen LogP) is 9.76. The van der Waals surface area contributed by atoms with Crippen LogP contribution in [0.25, 0.3) is 43.1 Å². The molecule has 0 radical (unpaired) electrons. The van der Waals surface area contributed by atoms with Crippen LogP contribution in [0, 0.1) is 0 Å². The van der Waals surface area contributed by atoms with Gasteiger partial charge in [-0.15, -0.1) is 0 Å². The van der Waals surface area contributed by atoms with Crippen molar-refractivity contribution in [1.29, 1.82) is 0 Å². The van der Waals surface area contributed by atoms with E-state index in [0.29, 0.717) is 78.0 Å². The summed E-state index contributed by atoms with van der Waals surface area (Å²) in [5.74, 6) is -3.37. The molecule has 3 atom stereocenters. The van der Waals surface area contributed by atoms with E-state index in [1.54, 1.807) is 24.3 Å². The number of carboxylic acids is 2. The Morgan fingerprint density at radius 2 is 0.836 bits per heavy atom. The summed E-state index contributed by atoms with van der Waals surface area (Å²) in [5.41, 5.74) is -1.47. The smallest absolute Gasteiger partial charge is 0.303 e. The second-order valence-electron chi connectivity index (χ2n) is 18.3. The van der Waals surface area contributed by atoms with Crippen molar-refractivity contribution in [3.8, 4) is 0 Å². The van der Waals surface area contributed by atoms with Gasteiger partial charge in [-0.1, -0.05) is 45.0 Å². The number of benzene rings is 5. The molecule has 3 unspecified atom stereocenters. The zero-order valence-electron chi connectivity index (χ0n) is 36.5. The summed E-state index contributed by atoms with van der Waals surface area (Å²) in [6, 6.07) is 14.7. The Labute approximate surface area is 355 Å². The Morgan fingerprint density at radius 3 is 1.16 bits per heavy atom. The summed E-state index contributed by atoms with van der Waals surface area (Å²) in [5, 5.41) is 24.3. The number of imide groups is 2. The van der Waals surface area contributed by atoms with Gasteiger partial charge in [0, 0.05) is 59.1 Å². The first-order chi connectivity index (χ1) is 28.7. The SMILES string of the molecule is CCC(C)(CCC(=O)O)OCCC(C)(CC)N1C(=O)c2ccc3c4ccc5c6c(ccc(c7ccc(c2c37)C1=O)c64)C(=O)N(C(C)(CC)CCOC(C)(C)CCC(=O)O)C5=O. The van der Waals surface area contributed by atoms with Gasteiger partial charge in [0.15, 0.2) is 0 Å². The van der Waals surface area contributed by atoms with Crippen molar-refractivity contribution in [3.05, 3.63) is 70.8 Å². The summed E-state index contributed by atoms with van der Waals surface area (Å²) in [6.45, 7) is 15.6. The van der Waals surface area contributed by atoms with Crippen molar-refractivity contribution in [1.82, 2.24) is 9.80 Å². The summed E-state index contributed by atoms with van der Waals surface area (Å²) >= 11 is 0. The maximum Gasteiger partial charge on any atom is 0.303 e. The lowest BCUT2D eigenvalue weighted by atomic mass is 9.80. The molecular formula is C49H56N2O10. The fourth-order valence-electron chi connectivity index (χ4n) is 9.41. The zero-order valence-corrected chi connectivity index (χ0v) is 36.5. The van der Waals surface area contributed by atoms with E-state index in [1.807, 2.05) is 79.7 Å². The topological polar surface area (TPSA) is 168 Å². The first-order valence-corrected chi connectivity index (χ1v) is 21.4. The molecule has 5 aromatic carbocycles. The molecule has 2 heterocycles. The Hall–Kier alpha value is -5.46. The number of ether oxygens (including phenoxy) is 2. The third-order valence-corrected chi connectivity index (χ3v) is 14.0. The van der Waals surface area contributed by atoms with E-state index in [-0.39, 0.29) is 26.1 Å². The molecule has 0 bridgehead atoms. The molecule has 4 amide bonds. The fourth-order valence-corrected chi connectivity index (χ4v) is 9.41. The molecule has 0 aromatic heterocycles. The van der Waals surface area contributed by atoms with Crippen molar-refractivity contribution < 1.29 is 48.5 Å². The van der Waals surface area contributed by atoms with Crippen LogP contribution in [0.4, 0.5) is 0 Å². The number of carbonyl (C=O) groups is 6. The van der Waals surface area contributed by atoms with Gasteiger partial charge in [-0.05, 0) is 136 Å². The Kier molecular flexibility index (Phi) is 11.3. The van der Waals surface area contributed by atoms with Crippen LogP contribution in [-0.2, 0) is 19.1 Å². The quantitative estimate of drug-likeness (QED) is 0.0464. The molecule has 7 rings (SSSR count). The zero-order chi connectivity index (χ0) is 44.4. The summed E-state index contributed by atoms with van der Waals surface area (Å²) < 4.78 is 12.4. The van der Waals surface area contributed by atoms with E-state index in [4.69, 9.17) is 14.6 Å². The molecule has 12 nitrogen and oxygen atoms in total. The highest BCUT2D eigenvalue weighted by atomic mass is 16.5. The second kappa shape index (κ2) is 15.8. The van der Waals surface area contributed by atoms with Crippen LogP contribution in [0.5, 0.6) is 0 Å². The Bertz CT molecular complexity index is 2530. The average molecular weight is 833 g/mol. The standard InChI is InChI=1S/C49H56N2O10/c1-9-47(6,24-26-60-46(4,5)22-20-36(52)53)50-42(56)32-16-12-28-30-14-18-34-41-35(19-15-31(39(30)41)29-13-17-33(43(50)57)40(32)38(28)29)45(59)51(44(34)58)48(7,10-2)25-27-61-49(8,11-3)23-21-37(54)55/h12-19H,9-11,20-27H2,1-8H3,(H,52,53)(H,54,55). The Morgan fingerprint density at radius 1 is 0.492 bits per heavy atom. The molecule has 0 saturated heterocycles. The molecule has 12 heteroatoms. The molecule has 5 aromatic rings. The van der Waals surface area contributed by atoms with E-state index in [9.17, 15) is 33.9 Å². The van der Waals surface area contributed by atoms with Crippen LogP contribution < -0.4 is 0 Å². The molecule has 61 heavy (non-hydrogen) atoms. The molecule has 0 spiro atoms. The molecule has 0 saturated carbocycles. The van der Waals surface area contributed by atoms with Gasteiger partial charge in [0.2, 0.25) is 0 Å². The van der Waals surface area contributed by atoms with Gasteiger partial charge in [0.05, 0.1) is 22.3 Å². The monoisotopic (exact) mass is 832 g/mol. The number of carbonyl (C=O) groups excluding carboxylic acids is 4. The number of hydrogen-bond acceptors (Lipinski definition) is 8. The first-order valence-electron chi connectivity index (χ1n) is 21.4. The normalized spacial score (nSPS) is 17.4. The summed E-state index contributed by atoms with van der Waals surface area (Å²) in [4.78, 5) is 83.4. The van der Waals surface area contributed by atoms with Crippen LogP contribution in [0.3, 0.4) is 0 Å². The first kappa shape index (κ1) is 43.6. The van der Waals surface area contributed by atoms with E-state index >= 15 is 0 Å². The van der Waals surface area contributed by atoms with Gasteiger partial charge in [0.1, 0.15) is 0 Å². The predicted molar refractivity (Wildman–Crippen MR) is 234 cm³/mol. The van der Waals surface area contributed by atoms with Crippen LogP contribution in [-0.4, -0.2) is 91.1 Å². The van der Waals surface area contributed by atoms with Crippen LogP contribution in [0.1, 0.15) is 155 Å².